The molecule has 2 aliphatic rings. The number of piperidine rings is 1. The third-order valence-electron chi connectivity index (χ3n) is 7.57. The van der Waals surface area contributed by atoms with E-state index in [9.17, 15) is 13.2 Å². The van der Waals surface area contributed by atoms with Crippen LogP contribution in [0.5, 0.6) is 0 Å². The first kappa shape index (κ1) is 25.6. The van der Waals surface area contributed by atoms with Gasteiger partial charge in [0.1, 0.15) is 5.76 Å². The summed E-state index contributed by atoms with van der Waals surface area (Å²) >= 11 is 0. The molecular weight excluding hydrogens is 488 g/mol. The van der Waals surface area contributed by atoms with Gasteiger partial charge in [-0.2, -0.15) is 0 Å². The third-order valence-corrected chi connectivity index (χ3v) is 9.69. The number of sulfone groups is 1. The molecule has 1 saturated heterocycles. The quantitative estimate of drug-likeness (QED) is 0.470. The molecule has 0 radical (unpaired) electrons. The van der Waals surface area contributed by atoms with Crippen LogP contribution < -0.4 is 5.32 Å². The van der Waals surface area contributed by atoms with Crippen LogP contribution in [0.2, 0.25) is 0 Å². The molecule has 1 aliphatic heterocycles. The Bertz CT molecular complexity index is 1320. The number of amides is 1. The van der Waals surface area contributed by atoms with Crippen LogP contribution in [0.4, 0.5) is 0 Å². The van der Waals surface area contributed by atoms with Crippen molar-refractivity contribution in [2.24, 2.45) is 0 Å². The van der Waals surface area contributed by atoms with Gasteiger partial charge in [-0.1, -0.05) is 12.5 Å². The fraction of sp³-hybridized carbons (Fsp3) is 0.464. The fourth-order valence-corrected chi connectivity index (χ4v) is 7.30. The van der Waals surface area contributed by atoms with Gasteiger partial charge >= 0.3 is 0 Å². The summed E-state index contributed by atoms with van der Waals surface area (Å²) < 4.78 is 32.4. The normalized spacial score (nSPS) is 20.7. The summed E-state index contributed by atoms with van der Waals surface area (Å²) in [6, 6.07) is 11.1. The smallest absolute Gasteiger partial charge is 0.251 e. The molecule has 37 heavy (non-hydrogen) atoms. The number of nitrogens with zero attached hydrogens (tertiary/aromatic N) is 3. The number of rotatable bonds is 8. The highest BCUT2D eigenvalue weighted by Crippen LogP contribution is 2.33. The maximum Gasteiger partial charge on any atom is 0.251 e. The summed E-state index contributed by atoms with van der Waals surface area (Å²) in [6.45, 7) is 4.33. The second kappa shape index (κ2) is 11.1. The molecule has 2 fully saturated rings. The van der Waals surface area contributed by atoms with Crippen molar-refractivity contribution in [1.82, 2.24) is 20.2 Å². The number of benzene rings is 1. The molecule has 0 spiro atoms. The minimum Gasteiger partial charge on any atom is -0.441 e. The summed E-state index contributed by atoms with van der Waals surface area (Å²) in [5, 5.41) is 2.56. The number of likely N-dealkylation sites (tertiary alicyclic amines) is 1. The van der Waals surface area contributed by atoms with Gasteiger partial charge in [-0.05, 0) is 88.0 Å². The first-order valence-electron chi connectivity index (χ1n) is 13.1. The Kier molecular flexibility index (Phi) is 7.71. The van der Waals surface area contributed by atoms with E-state index < -0.39 is 9.84 Å². The number of pyridine rings is 1. The summed E-state index contributed by atoms with van der Waals surface area (Å²) in [5.41, 5.74) is 2.60. The predicted octanol–water partition coefficient (Wildman–Crippen LogP) is 4.30. The Morgan fingerprint density at radius 2 is 1.89 bits per heavy atom. The number of aryl methyl sites for hydroxylation is 1. The van der Waals surface area contributed by atoms with Crippen LogP contribution in [0.3, 0.4) is 0 Å². The lowest BCUT2D eigenvalue weighted by Crippen LogP contribution is -2.38. The van der Waals surface area contributed by atoms with Crippen LogP contribution in [0.15, 0.2) is 53.2 Å². The Labute approximate surface area is 218 Å². The lowest BCUT2D eigenvalue weighted by atomic mass is 10.1. The van der Waals surface area contributed by atoms with E-state index in [4.69, 9.17) is 4.42 Å². The third kappa shape index (κ3) is 6.10. The summed E-state index contributed by atoms with van der Waals surface area (Å²) in [7, 11) is -3.33. The van der Waals surface area contributed by atoms with Gasteiger partial charge in [0, 0.05) is 36.1 Å². The first-order valence-corrected chi connectivity index (χ1v) is 14.8. The zero-order chi connectivity index (χ0) is 25.8. The molecule has 1 aliphatic carbocycles. The molecule has 3 heterocycles. The van der Waals surface area contributed by atoms with Gasteiger partial charge in [-0.15, -0.1) is 0 Å². The number of nitrogens with one attached hydrogen (secondary N) is 1. The molecule has 0 unspecified atom stereocenters. The van der Waals surface area contributed by atoms with Gasteiger partial charge in [-0.3, -0.25) is 9.78 Å². The van der Waals surface area contributed by atoms with E-state index >= 15 is 0 Å². The number of oxazole rings is 1. The van der Waals surface area contributed by atoms with E-state index in [0.29, 0.717) is 41.1 Å². The largest absolute Gasteiger partial charge is 0.441 e. The molecule has 1 amide bonds. The van der Waals surface area contributed by atoms with Crippen LogP contribution in [-0.4, -0.2) is 53.6 Å². The highest BCUT2D eigenvalue weighted by atomic mass is 32.2. The second-order valence-corrected chi connectivity index (χ2v) is 12.4. The van der Waals surface area contributed by atoms with Gasteiger partial charge in [0.05, 0.1) is 16.7 Å². The summed E-state index contributed by atoms with van der Waals surface area (Å²) in [5.74, 6) is 0.587. The van der Waals surface area contributed by atoms with Crippen LogP contribution >= 0.6 is 0 Å². The highest BCUT2D eigenvalue weighted by Gasteiger charge is 2.37. The van der Waals surface area contributed by atoms with Crippen molar-refractivity contribution < 1.29 is 17.6 Å². The lowest BCUT2D eigenvalue weighted by Gasteiger charge is -2.32. The van der Waals surface area contributed by atoms with Crippen molar-refractivity contribution in [3.63, 3.8) is 0 Å². The number of carbonyl (C=O) groups excluding carboxylic acids is 1. The molecule has 196 valence electrons. The van der Waals surface area contributed by atoms with Crippen molar-refractivity contribution >= 4 is 15.7 Å². The minimum absolute atomic E-state index is 0.103. The Balaban J connectivity index is 1.21. The van der Waals surface area contributed by atoms with E-state index in [-0.39, 0.29) is 16.9 Å². The molecular formula is C28H34N4O4S. The molecule has 0 bridgehead atoms. The first-order chi connectivity index (χ1) is 17.9. The molecule has 8 nitrogen and oxygen atoms in total. The van der Waals surface area contributed by atoms with Crippen molar-refractivity contribution in [2.45, 2.75) is 69.0 Å². The van der Waals surface area contributed by atoms with Crippen LogP contribution in [0, 0.1) is 6.92 Å². The van der Waals surface area contributed by atoms with Crippen molar-refractivity contribution in [1.29, 1.82) is 0 Å². The van der Waals surface area contributed by atoms with E-state index in [2.05, 4.69) is 20.2 Å². The van der Waals surface area contributed by atoms with Gasteiger partial charge in [0.2, 0.25) is 5.89 Å². The van der Waals surface area contributed by atoms with Crippen molar-refractivity contribution in [3.05, 3.63) is 71.4 Å². The maximum absolute atomic E-state index is 13.3. The minimum atomic E-state index is -3.33. The van der Waals surface area contributed by atoms with E-state index in [0.717, 1.165) is 37.9 Å². The molecule has 9 heteroatoms. The monoisotopic (exact) mass is 522 g/mol. The topological polar surface area (TPSA) is 105 Å². The van der Waals surface area contributed by atoms with E-state index in [1.54, 1.807) is 43.6 Å². The number of carbonyl (C=O) groups is 1. The average Bonchev–Trinajstić information content (AvgIpc) is 3.56. The molecule has 3 aromatic rings. The van der Waals surface area contributed by atoms with Crippen LogP contribution in [0.25, 0.3) is 11.5 Å². The van der Waals surface area contributed by atoms with E-state index in [1.165, 1.54) is 19.3 Å². The summed E-state index contributed by atoms with van der Waals surface area (Å²) in [4.78, 5) is 23.6. The Morgan fingerprint density at radius 1 is 1.11 bits per heavy atom. The van der Waals surface area contributed by atoms with Crippen molar-refractivity contribution in [2.75, 3.05) is 13.1 Å². The molecule has 2 atom stereocenters. The van der Waals surface area contributed by atoms with Gasteiger partial charge < -0.3 is 14.6 Å². The average molecular weight is 523 g/mol. The summed E-state index contributed by atoms with van der Waals surface area (Å²) in [6.07, 6.45) is 9.50. The van der Waals surface area contributed by atoms with Crippen molar-refractivity contribution in [3.8, 4) is 11.5 Å². The zero-order valence-electron chi connectivity index (χ0n) is 21.2. The number of aromatic nitrogens is 2. The standard InChI is InChI=1S/C28H34N4O4S/c1-20-26(19-37(34,35)25-12-11-24(16-25)32-14-3-2-4-15-32)31-28(36-20)23-9-7-22(8-10-23)27(33)30-18-21-6-5-13-29-17-21/h5-10,13,17,24-25H,2-4,11-12,14-16,18-19H2,1H3,(H,30,33)/t24-,25+/m0/s1. The Morgan fingerprint density at radius 3 is 2.62 bits per heavy atom. The fourth-order valence-electron chi connectivity index (χ4n) is 5.40. The molecule has 1 aromatic carbocycles. The SMILES string of the molecule is Cc1oc(-c2ccc(C(=O)NCc3cccnc3)cc2)nc1CS(=O)(=O)[C@@H]1CC[C@H](N2CCCCC2)C1. The predicted molar refractivity (Wildman–Crippen MR) is 142 cm³/mol. The molecule has 1 N–H and O–H groups in total. The zero-order valence-corrected chi connectivity index (χ0v) is 22.0. The second-order valence-electron chi connectivity index (χ2n) is 10.1. The van der Waals surface area contributed by atoms with Crippen LogP contribution in [-0.2, 0) is 22.1 Å². The highest BCUT2D eigenvalue weighted by molar-refractivity contribution is 7.91. The van der Waals surface area contributed by atoms with Gasteiger partial charge in [-0.25, -0.2) is 13.4 Å². The van der Waals surface area contributed by atoms with Gasteiger partial charge in [0.15, 0.2) is 9.84 Å². The van der Waals surface area contributed by atoms with E-state index in [1.807, 2.05) is 12.1 Å². The number of hydrogen-bond donors (Lipinski definition) is 1. The molecule has 2 aromatic heterocycles. The Hall–Kier alpha value is -3.04. The molecule has 5 rings (SSSR count). The maximum atomic E-state index is 13.3. The molecule has 1 saturated carbocycles. The lowest BCUT2D eigenvalue weighted by molar-refractivity contribution is 0.0951. The van der Waals surface area contributed by atoms with Crippen LogP contribution in [0.1, 0.15) is 65.9 Å². The number of hydrogen-bond acceptors (Lipinski definition) is 7. The van der Waals surface area contributed by atoms with Gasteiger partial charge in [0.25, 0.3) is 5.91 Å².